The van der Waals surface area contributed by atoms with E-state index in [0.29, 0.717) is 0 Å². The fraction of sp³-hybridized carbons (Fsp3) is 1.00. The van der Waals surface area contributed by atoms with Crippen molar-refractivity contribution in [3.8, 4) is 0 Å². The lowest BCUT2D eigenvalue weighted by Gasteiger charge is -2.08. The van der Waals surface area contributed by atoms with Gasteiger partial charge < -0.3 is 14.0 Å². The van der Waals surface area contributed by atoms with Gasteiger partial charge >= 0.3 is 0 Å². The molecule has 2 rings (SSSR count). The Morgan fingerprint density at radius 3 is 1.00 bits per heavy atom. The van der Waals surface area contributed by atoms with Gasteiger partial charge in [0.05, 0.1) is 12.5 Å². The van der Waals surface area contributed by atoms with Crippen LogP contribution in [-0.2, 0) is 20.6 Å². The van der Waals surface area contributed by atoms with Gasteiger partial charge in [0.2, 0.25) is 0 Å². The third-order valence-electron chi connectivity index (χ3n) is 2.15. The quantitative estimate of drug-likeness (QED) is 0.620. The van der Waals surface area contributed by atoms with Gasteiger partial charge in [-0.15, -0.1) is 0 Å². The first-order valence-electron chi connectivity index (χ1n) is 6.14. The van der Waals surface area contributed by atoms with Crippen molar-refractivity contribution < 1.29 is 14.0 Å². The standard InChI is InChI=1S/2C5H10O.C2H6OS/c2*1-2-4-6-5-3-1;1-4(2)3/h2*1-5H2;1-2H3. The summed E-state index contributed by atoms with van der Waals surface area (Å²) in [7, 11) is 0. The molecule has 2 aliphatic heterocycles. The zero-order chi connectivity index (χ0) is 12.1. The molecule has 0 N–H and O–H groups in total. The summed E-state index contributed by atoms with van der Waals surface area (Å²) in [5.74, 6) is 0. The Morgan fingerprint density at radius 2 is 0.938 bits per heavy atom. The van der Waals surface area contributed by atoms with Gasteiger partial charge in [-0.25, -0.2) is 0 Å². The molecule has 98 valence electrons. The van der Waals surface area contributed by atoms with Gasteiger partial charge in [0, 0.05) is 26.4 Å². The van der Waals surface area contributed by atoms with Gasteiger partial charge in [-0.05, 0) is 38.5 Å². The molecule has 0 unspecified atom stereocenters. The second-order valence-electron chi connectivity index (χ2n) is 4.09. The summed E-state index contributed by atoms with van der Waals surface area (Å²) in [5, 5.41) is 0. The zero-order valence-electron chi connectivity index (χ0n) is 10.7. The maximum atomic E-state index is 9.56. The normalized spacial score (nSPS) is 20.2. The Balaban J connectivity index is 0.000000217. The summed E-state index contributed by atoms with van der Waals surface area (Å²) in [4.78, 5) is 0. The number of rotatable bonds is 0. The lowest BCUT2D eigenvalue weighted by molar-refractivity contribution is 0.0967. The van der Waals surface area contributed by atoms with Gasteiger partial charge in [-0.3, -0.25) is 0 Å². The minimum Gasteiger partial charge on any atom is -0.617 e. The van der Waals surface area contributed by atoms with Crippen LogP contribution in [0, 0.1) is 0 Å². The maximum absolute atomic E-state index is 9.56. The highest BCUT2D eigenvalue weighted by Crippen LogP contribution is 2.02. The number of hydrogen-bond donors (Lipinski definition) is 0. The lowest BCUT2D eigenvalue weighted by atomic mass is 10.2. The van der Waals surface area contributed by atoms with E-state index in [2.05, 4.69) is 0 Å². The van der Waals surface area contributed by atoms with E-state index in [1.165, 1.54) is 38.5 Å². The number of ether oxygens (including phenoxy) is 2. The van der Waals surface area contributed by atoms with Crippen molar-refractivity contribution in [2.24, 2.45) is 0 Å². The van der Waals surface area contributed by atoms with Crippen molar-refractivity contribution in [3.63, 3.8) is 0 Å². The summed E-state index contributed by atoms with van der Waals surface area (Å²) in [6, 6.07) is 0. The molecule has 16 heavy (non-hydrogen) atoms. The SMILES string of the molecule is C1CCOCC1.C1CCOCC1.C[S+](C)[O-]. The third-order valence-corrected chi connectivity index (χ3v) is 2.15. The molecule has 2 aliphatic rings. The molecule has 2 heterocycles. The average Bonchev–Trinajstić information content (AvgIpc) is 2.34. The van der Waals surface area contributed by atoms with E-state index >= 15 is 0 Å². The molecule has 4 heteroatoms. The minimum atomic E-state index is -0.611. The third kappa shape index (κ3) is 16.7. The van der Waals surface area contributed by atoms with E-state index in [1.54, 1.807) is 12.5 Å². The first kappa shape index (κ1) is 16.2. The van der Waals surface area contributed by atoms with Gasteiger partial charge in [0.15, 0.2) is 0 Å². The van der Waals surface area contributed by atoms with E-state index in [1.807, 2.05) is 0 Å². The molecule has 0 amide bonds. The van der Waals surface area contributed by atoms with Crippen molar-refractivity contribution in [3.05, 3.63) is 0 Å². The molecule has 3 nitrogen and oxygen atoms in total. The fourth-order valence-corrected chi connectivity index (χ4v) is 1.37. The Hall–Kier alpha value is 0.230. The van der Waals surface area contributed by atoms with Crippen molar-refractivity contribution in [1.29, 1.82) is 0 Å². The highest BCUT2D eigenvalue weighted by atomic mass is 32.2. The molecule has 0 bridgehead atoms. The van der Waals surface area contributed by atoms with Crippen LogP contribution in [0.1, 0.15) is 38.5 Å². The predicted molar refractivity (Wildman–Crippen MR) is 69.3 cm³/mol. The molecule has 0 aromatic rings. The smallest absolute Gasteiger partial charge is 0.0946 e. The van der Waals surface area contributed by atoms with Crippen molar-refractivity contribution in [2.75, 3.05) is 38.9 Å². The van der Waals surface area contributed by atoms with E-state index < -0.39 is 11.2 Å². The molecule has 0 aromatic heterocycles. The fourth-order valence-electron chi connectivity index (χ4n) is 1.37. The molecular formula is C12H26O3S. The van der Waals surface area contributed by atoms with Crippen LogP contribution >= 0.6 is 0 Å². The summed E-state index contributed by atoms with van der Waals surface area (Å²) >= 11 is -0.611. The zero-order valence-corrected chi connectivity index (χ0v) is 11.5. The first-order chi connectivity index (χ1) is 7.73. The van der Waals surface area contributed by atoms with E-state index in [9.17, 15) is 4.55 Å². The Bertz CT molecular complexity index is 85.7. The molecule has 0 aliphatic carbocycles. The molecule has 0 aromatic carbocycles. The van der Waals surface area contributed by atoms with Crippen molar-refractivity contribution >= 4 is 11.2 Å². The average molecular weight is 250 g/mol. The van der Waals surface area contributed by atoms with Crippen LogP contribution in [0.5, 0.6) is 0 Å². The van der Waals surface area contributed by atoms with Crippen LogP contribution in [0.25, 0.3) is 0 Å². The summed E-state index contributed by atoms with van der Waals surface area (Å²) in [6.07, 6.45) is 11.1. The Labute approximate surface area is 103 Å². The van der Waals surface area contributed by atoms with E-state index in [0.717, 1.165) is 26.4 Å². The Kier molecular flexibility index (Phi) is 13.5. The largest absolute Gasteiger partial charge is 0.617 e. The lowest BCUT2D eigenvalue weighted by Crippen LogP contribution is -2.03. The van der Waals surface area contributed by atoms with Gasteiger partial charge in [0.1, 0.15) is 0 Å². The van der Waals surface area contributed by atoms with Crippen LogP contribution < -0.4 is 0 Å². The van der Waals surface area contributed by atoms with Gasteiger partial charge in [-0.2, -0.15) is 0 Å². The van der Waals surface area contributed by atoms with E-state index in [4.69, 9.17) is 9.47 Å². The second-order valence-corrected chi connectivity index (χ2v) is 5.57. The molecule has 0 spiro atoms. The van der Waals surface area contributed by atoms with Crippen LogP contribution in [0.15, 0.2) is 0 Å². The number of hydrogen-bond acceptors (Lipinski definition) is 3. The molecule has 2 saturated heterocycles. The van der Waals surface area contributed by atoms with Crippen molar-refractivity contribution in [1.82, 2.24) is 0 Å². The highest BCUT2D eigenvalue weighted by molar-refractivity contribution is 7.89. The highest BCUT2D eigenvalue weighted by Gasteiger charge is 1.95. The Morgan fingerprint density at radius 1 is 0.688 bits per heavy atom. The van der Waals surface area contributed by atoms with Gasteiger partial charge in [0.25, 0.3) is 0 Å². The molecule has 0 atom stereocenters. The second kappa shape index (κ2) is 13.3. The van der Waals surface area contributed by atoms with Crippen LogP contribution in [0.3, 0.4) is 0 Å². The monoisotopic (exact) mass is 250 g/mol. The molecule has 2 fully saturated rings. The molecule has 0 radical (unpaired) electrons. The first-order valence-corrected chi connectivity index (χ1v) is 8.10. The van der Waals surface area contributed by atoms with Crippen LogP contribution in [-0.4, -0.2) is 43.5 Å². The van der Waals surface area contributed by atoms with Gasteiger partial charge in [-0.1, -0.05) is 11.2 Å². The molecular weight excluding hydrogens is 224 g/mol. The van der Waals surface area contributed by atoms with Crippen LogP contribution in [0.2, 0.25) is 0 Å². The minimum absolute atomic E-state index is 0.611. The van der Waals surface area contributed by atoms with Crippen molar-refractivity contribution in [2.45, 2.75) is 38.5 Å². The summed E-state index contributed by atoms with van der Waals surface area (Å²) < 4.78 is 19.7. The summed E-state index contributed by atoms with van der Waals surface area (Å²) in [5.41, 5.74) is 0. The summed E-state index contributed by atoms with van der Waals surface area (Å²) in [6.45, 7) is 4.00. The van der Waals surface area contributed by atoms with E-state index in [-0.39, 0.29) is 0 Å². The molecule has 0 saturated carbocycles. The predicted octanol–water partition coefficient (Wildman–Crippen LogP) is 2.37. The maximum Gasteiger partial charge on any atom is 0.0946 e. The topological polar surface area (TPSA) is 41.5 Å². The van der Waals surface area contributed by atoms with Crippen LogP contribution in [0.4, 0.5) is 0 Å².